The van der Waals surface area contributed by atoms with E-state index in [1.165, 1.54) is 0 Å². The number of benzene rings is 1. The predicted octanol–water partition coefficient (Wildman–Crippen LogP) is 0.714. The lowest BCUT2D eigenvalue weighted by molar-refractivity contribution is -0.121. The first-order valence-corrected chi connectivity index (χ1v) is 7.56. The van der Waals surface area contributed by atoms with E-state index >= 15 is 0 Å². The molecule has 0 radical (unpaired) electrons. The van der Waals surface area contributed by atoms with Crippen molar-refractivity contribution in [1.82, 2.24) is 10.6 Å². The van der Waals surface area contributed by atoms with Gasteiger partial charge in [-0.2, -0.15) is 0 Å². The van der Waals surface area contributed by atoms with Crippen LogP contribution in [0.1, 0.15) is 18.9 Å². The van der Waals surface area contributed by atoms with Gasteiger partial charge >= 0.3 is 0 Å². The minimum Gasteiger partial charge on any atom is -0.494 e. The molecule has 5 heteroatoms. The number of aliphatic hydroxyl groups excluding tert-OH is 1. The SMILES string of the molecule is CCOc1ccc(CCC(=O)NCC2CNCC2O)cc1. The number of β-amino-alcohol motifs (C(OH)–C–C–N with tert-alkyl or cyclic N) is 1. The lowest BCUT2D eigenvalue weighted by Crippen LogP contribution is -2.34. The van der Waals surface area contributed by atoms with Crippen LogP contribution in [0.2, 0.25) is 0 Å². The molecule has 1 fully saturated rings. The molecule has 21 heavy (non-hydrogen) atoms. The Balaban J connectivity index is 1.68. The van der Waals surface area contributed by atoms with Gasteiger partial charge in [-0.25, -0.2) is 0 Å². The second-order valence-electron chi connectivity index (χ2n) is 5.37. The van der Waals surface area contributed by atoms with Crippen LogP contribution in [0.4, 0.5) is 0 Å². The molecule has 2 unspecified atom stereocenters. The number of ether oxygens (including phenoxy) is 1. The van der Waals surface area contributed by atoms with Crippen LogP contribution in [-0.4, -0.2) is 43.4 Å². The molecule has 0 aliphatic carbocycles. The van der Waals surface area contributed by atoms with Crippen molar-refractivity contribution in [3.05, 3.63) is 29.8 Å². The largest absolute Gasteiger partial charge is 0.494 e. The van der Waals surface area contributed by atoms with E-state index < -0.39 is 0 Å². The van der Waals surface area contributed by atoms with Gasteiger partial charge in [0.05, 0.1) is 12.7 Å². The predicted molar refractivity (Wildman–Crippen MR) is 81.3 cm³/mol. The Morgan fingerprint density at radius 2 is 2.14 bits per heavy atom. The van der Waals surface area contributed by atoms with Crippen molar-refractivity contribution in [1.29, 1.82) is 0 Å². The molecule has 1 amide bonds. The number of amides is 1. The van der Waals surface area contributed by atoms with Crippen LogP contribution in [-0.2, 0) is 11.2 Å². The van der Waals surface area contributed by atoms with Crippen LogP contribution < -0.4 is 15.4 Å². The fourth-order valence-corrected chi connectivity index (χ4v) is 2.44. The number of hydrogen-bond acceptors (Lipinski definition) is 4. The van der Waals surface area contributed by atoms with Crippen molar-refractivity contribution in [3.8, 4) is 5.75 Å². The molecule has 1 aliphatic rings. The van der Waals surface area contributed by atoms with Gasteiger partial charge in [0.15, 0.2) is 0 Å². The zero-order valence-corrected chi connectivity index (χ0v) is 12.5. The maximum atomic E-state index is 11.8. The number of carbonyl (C=O) groups is 1. The summed E-state index contributed by atoms with van der Waals surface area (Å²) in [4.78, 5) is 11.8. The number of carbonyl (C=O) groups excluding carboxylic acids is 1. The highest BCUT2D eigenvalue weighted by atomic mass is 16.5. The van der Waals surface area contributed by atoms with Gasteiger partial charge in [0, 0.05) is 32.0 Å². The fourth-order valence-electron chi connectivity index (χ4n) is 2.44. The lowest BCUT2D eigenvalue weighted by atomic mass is 10.1. The van der Waals surface area contributed by atoms with Gasteiger partial charge in [-0.1, -0.05) is 12.1 Å². The average molecular weight is 292 g/mol. The molecule has 5 nitrogen and oxygen atoms in total. The van der Waals surface area contributed by atoms with Crippen LogP contribution in [0.3, 0.4) is 0 Å². The summed E-state index contributed by atoms with van der Waals surface area (Å²) in [7, 11) is 0. The van der Waals surface area contributed by atoms with E-state index in [9.17, 15) is 9.90 Å². The minimum atomic E-state index is -0.351. The quantitative estimate of drug-likeness (QED) is 0.692. The zero-order valence-electron chi connectivity index (χ0n) is 12.5. The maximum absolute atomic E-state index is 11.8. The van der Waals surface area contributed by atoms with Crippen LogP contribution >= 0.6 is 0 Å². The van der Waals surface area contributed by atoms with Gasteiger partial charge in [-0.3, -0.25) is 4.79 Å². The van der Waals surface area contributed by atoms with Crippen LogP contribution in [0.15, 0.2) is 24.3 Å². The van der Waals surface area contributed by atoms with E-state index in [0.29, 0.717) is 32.5 Å². The normalized spacial score (nSPS) is 21.2. The van der Waals surface area contributed by atoms with E-state index in [0.717, 1.165) is 17.9 Å². The summed E-state index contributed by atoms with van der Waals surface area (Å²) in [5.41, 5.74) is 1.12. The zero-order chi connectivity index (χ0) is 15.1. The molecular weight excluding hydrogens is 268 g/mol. The number of hydrogen-bond donors (Lipinski definition) is 3. The standard InChI is InChI=1S/C16H24N2O3/c1-2-21-14-6-3-12(4-7-14)5-8-16(20)18-10-13-9-17-11-15(13)19/h3-4,6-7,13,15,17,19H,2,5,8-11H2,1H3,(H,18,20). The van der Waals surface area contributed by atoms with Gasteiger partial charge in [0.2, 0.25) is 5.91 Å². The molecule has 116 valence electrons. The van der Waals surface area contributed by atoms with Crippen molar-refractivity contribution < 1.29 is 14.6 Å². The molecule has 1 aromatic rings. The Bertz CT molecular complexity index is 447. The van der Waals surface area contributed by atoms with Crippen molar-refractivity contribution in [2.75, 3.05) is 26.2 Å². The molecule has 0 saturated carbocycles. The first-order valence-electron chi connectivity index (χ1n) is 7.56. The summed E-state index contributed by atoms with van der Waals surface area (Å²) in [6.45, 7) is 4.53. The lowest BCUT2D eigenvalue weighted by Gasteiger charge is -2.14. The Labute approximate surface area is 125 Å². The Morgan fingerprint density at radius 3 is 2.76 bits per heavy atom. The second-order valence-corrected chi connectivity index (χ2v) is 5.37. The third-order valence-corrected chi connectivity index (χ3v) is 3.74. The van der Waals surface area contributed by atoms with Crippen molar-refractivity contribution >= 4 is 5.91 Å². The molecule has 3 N–H and O–H groups in total. The van der Waals surface area contributed by atoms with E-state index in [2.05, 4.69) is 10.6 Å². The molecule has 2 atom stereocenters. The number of aryl methyl sites for hydroxylation is 1. The van der Waals surface area contributed by atoms with Crippen LogP contribution in [0, 0.1) is 5.92 Å². The van der Waals surface area contributed by atoms with E-state index in [-0.39, 0.29) is 17.9 Å². The van der Waals surface area contributed by atoms with E-state index in [4.69, 9.17) is 4.74 Å². The Morgan fingerprint density at radius 1 is 1.38 bits per heavy atom. The Kier molecular flexibility index (Phi) is 6.02. The van der Waals surface area contributed by atoms with Crippen molar-refractivity contribution in [3.63, 3.8) is 0 Å². The maximum Gasteiger partial charge on any atom is 0.220 e. The van der Waals surface area contributed by atoms with Gasteiger partial charge in [0.1, 0.15) is 5.75 Å². The van der Waals surface area contributed by atoms with Crippen LogP contribution in [0.5, 0.6) is 5.75 Å². The molecular formula is C16H24N2O3. The molecule has 1 aromatic carbocycles. The van der Waals surface area contributed by atoms with Gasteiger partial charge < -0.3 is 20.5 Å². The average Bonchev–Trinajstić information content (AvgIpc) is 2.90. The highest BCUT2D eigenvalue weighted by molar-refractivity contribution is 5.76. The summed E-state index contributed by atoms with van der Waals surface area (Å²) in [5.74, 6) is 1.01. The van der Waals surface area contributed by atoms with Crippen molar-refractivity contribution in [2.24, 2.45) is 5.92 Å². The molecule has 1 aliphatic heterocycles. The minimum absolute atomic E-state index is 0.0305. The summed E-state index contributed by atoms with van der Waals surface area (Å²) >= 11 is 0. The van der Waals surface area contributed by atoms with Crippen molar-refractivity contribution in [2.45, 2.75) is 25.9 Å². The van der Waals surface area contributed by atoms with Gasteiger partial charge in [0.25, 0.3) is 0 Å². The van der Waals surface area contributed by atoms with Crippen LogP contribution in [0.25, 0.3) is 0 Å². The summed E-state index contributed by atoms with van der Waals surface area (Å²) in [5, 5.41) is 15.7. The molecule has 0 spiro atoms. The Hall–Kier alpha value is -1.59. The van der Waals surface area contributed by atoms with E-state index in [1.54, 1.807) is 0 Å². The first-order chi connectivity index (χ1) is 10.2. The molecule has 1 saturated heterocycles. The van der Waals surface area contributed by atoms with Gasteiger partial charge in [-0.15, -0.1) is 0 Å². The van der Waals surface area contributed by atoms with E-state index in [1.807, 2.05) is 31.2 Å². The monoisotopic (exact) mass is 292 g/mol. The fraction of sp³-hybridized carbons (Fsp3) is 0.562. The third-order valence-electron chi connectivity index (χ3n) is 3.74. The number of nitrogens with one attached hydrogen (secondary N) is 2. The van der Waals surface area contributed by atoms with Gasteiger partial charge in [-0.05, 0) is 31.0 Å². The first kappa shape index (κ1) is 15.8. The second kappa shape index (κ2) is 8.00. The topological polar surface area (TPSA) is 70.6 Å². The molecule has 1 heterocycles. The number of rotatable bonds is 7. The third kappa shape index (κ3) is 5.02. The number of aliphatic hydroxyl groups is 1. The highest BCUT2D eigenvalue weighted by Gasteiger charge is 2.24. The molecule has 2 rings (SSSR count). The summed E-state index contributed by atoms with van der Waals surface area (Å²) in [6.07, 6.45) is 0.824. The summed E-state index contributed by atoms with van der Waals surface area (Å²) < 4.78 is 5.38. The molecule has 0 bridgehead atoms. The highest BCUT2D eigenvalue weighted by Crippen LogP contribution is 2.13. The molecule has 0 aromatic heterocycles. The summed E-state index contributed by atoms with van der Waals surface area (Å²) in [6, 6.07) is 7.83. The smallest absolute Gasteiger partial charge is 0.220 e.